The van der Waals surface area contributed by atoms with Gasteiger partial charge in [0.25, 0.3) is 0 Å². The lowest BCUT2D eigenvalue weighted by molar-refractivity contribution is -0.130. The molecular weight excluding hydrogens is 212 g/mol. The molecule has 1 heterocycles. The maximum atomic E-state index is 11.9. The summed E-state index contributed by atoms with van der Waals surface area (Å²) in [5, 5.41) is 3.08. The fourth-order valence-corrected chi connectivity index (χ4v) is 2.50. The molecule has 1 aliphatic rings. The third kappa shape index (κ3) is 5.35. The molecule has 1 fully saturated rings. The van der Waals surface area contributed by atoms with Crippen LogP contribution in [0.2, 0.25) is 0 Å². The van der Waals surface area contributed by atoms with Crippen molar-refractivity contribution >= 4 is 5.91 Å². The number of carbonyl (C=O) groups excluding carboxylic acids is 1. The van der Waals surface area contributed by atoms with Gasteiger partial charge in [-0.2, -0.15) is 0 Å². The maximum absolute atomic E-state index is 11.9. The zero-order valence-corrected chi connectivity index (χ0v) is 11.1. The first-order chi connectivity index (χ1) is 8.27. The first kappa shape index (κ1) is 14.2. The summed E-state index contributed by atoms with van der Waals surface area (Å²) in [7, 11) is 0. The van der Waals surface area contributed by atoms with Gasteiger partial charge in [0.05, 0.1) is 6.54 Å². The molecule has 1 saturated heterocycles. The lowest BCUT2D eigenvalue weighted by atomic mass is 9.96. The molecule has 0 aromatic rings. The Bertz CT molecular complexity index is 240. The highest BCUT2D eigenvalue weighted by atomic mass is 16.2. The molecule has 3 heteroatoms. The molecule has 0 aromatic heterocycles. The van der Waals surface area contributed by atoms with Crippen molar-refractivity contribution < 1.29 is 4.79 Å². The zero-order valence-electron chi connectivity index (χ0n) is 11.1. The lowest BCUT2D eigenvalue weighted by Crippen LogP contribution is -2.38. The van der Waals surface area contributed by atoms with Gasteiger partial charge in [0.2, 0.25) is 5.91 Å². The Morgan fingerprint density at radius 1 is 1.47 bits per heavy atom. The monoisotopic (exact) mass is 238 g/mol. The minimum Gasteiger partial charge on any atom is -0.342 e. The Kier molecular flexibility index (Phi) is 6.94. The summed E-state index contributed by atoms with van der Waals surface area (Å²) in [6.07, 6.45) is 8.00. The van der Waals surface area contributed by atoms with Crippen LogP contribution in [0, 0.1) is 5.92 Å². The zero-order chi connectivity index (χ0) is 12.5. The molecule has 0 saturated carbocycles. The number of amides is 1. The van der Waals surface area contributed by atoms with Gasteiger partial charge in [-0.1, -0.05) is 25.8 Å². The van der Waals surface area contributed by atoms with Crippen molar-refractivity contribution in [2.45, 2.75) is 39.0 Å². The summed E-state index contributed by atoms with van der Waals surface area (Å²) in [6, 6.07) is 0. The van der Waals surface area contributed by atoms with Crippen molar-refractivity contribution in [2.24, 2.45) is 5.92 Å². The van der Waals surface area contributed by atoms with Gasteiger partial charge >= 0.3 is 0 Å². The molecule has 0 aromatic carbocycles. The third-order valence-corrected chi connectivity index (χ3v) is 3.46. The molecule has 1 unspecified atom stereocenters. The fourth-order valence-electron chi connectivity index (χ4n) is 2.50. The molecule has 0 aliphatic carbocycles. The van der Waals surface area contributed by atoms with Crippen LogP contribution in [0.15, 0.2) is 12.7 Å². The van der Waals surface area contributed by atoms with Crippen molar-refractivity contribution in [3.63, 3.8) is 0 Å². The molecule has 1 N–H and O–H groups in total. The van der Waals surface area contributed by atoms with Crippen LogP contribution in [0.5, 0.6) is 0 Å². The summed E-state index contributed by atoms with van der Waals surface area (Å²) < 4.78 is 0. The smallest absolute Gasteiger partial charge is 0.236 e. The third-order valence-electron chi connectivity index (χ3n) is 3.46. The summed E-state index contributed by atoms with van der Waals surface area (Å²) in [6.45, 7) is 8.91. The average molecular weight is 238 g/mol. The normalized spacial score (nSPS) is 21.0. The van der Waals surface area contributed by atoms with Crippen LogP contribution in [0.3, 0.4) is 0 Å². The molecule has 1 rings (SSSR count). The molecule has 0 radical (unpaired) electrons. The van der Waals surface area contributed by atoms with Gasteiger partial charge in [0, 0.05) is 19.6 Å². The second-order valence-corrected chi connectivity index (χ2v) is 4.89. The number of hydrogen-bond donors (Lipinski definition) is 1. The fraction of sp³-hybridized carbons (Fsp3) is 0.786. The van der Waals surface area contributed by atoms with Crippen LogP contribution < -0.4 is 5.32 Å². The SMILES string of the molecule is C=CCNCC(=O)N1CCCC(CCC)CC1. The second kappa shape index (κ2) is 8.29. The molecule has 1 amide bonds. The highest BCUT2D eigenvalue weighted by Gasteiger charge is 2.19. The van der Waals surface area contributed by atoms with E-state index in [0.29, 0.717) is 13.1 Å². The van der Waals surface area contributed by atoms with E-state index in [2.05, 4.69) is 18.8 Å². The van der Waals surface area contributed by atoms with E-state index < -0.39 is 0 Å². The van der Waals surface area contributed by atoms with E-state index in [1.54, 1.807) is 6.08 Å². The molecule has 1 aliphatic heterocycles. The molecular formula is C14H26N2O. The van der Waals surface area contributed by atoms with Crippen molar-refractivity contribution in [2.75, 3.05) is 26.2 Å². The molecule has 1 atom stereocenters. The summed E-state index contributed by atoms with van der Waals surface area (Å²) in [5.41, 5.74) is 0. The van der Waals surface area contributed by atoms with Gasteiger partial charge in [-0.25, -0.2) is 0 Å². The van der Waals surface area contributed by atoms with E-state index in [9.17, 15) is 4.79 Å². The van der Waals surface area contributed by atoms with Crippen molar-refractivity contribution in [3.05, 3.63) is 12.7 Å². The quantitative estimate of drug-likeness (QED) is 0.568. The largest absolute Gasteiger partial charge is 0.342 e. The van der Waals surface area contributed by atoms with Crippen molar-refractivity contribution in [1.82, 2.24) is 10.2 Å². The molecule has 0 spiro atoms. The molecule has 98 valence electrons. The Balaban J connectivity index is 2.29. The Morgan fingerprint density at radius 3 is 3.00 bits per heavy atom. The van der Waals surface area contributed by atoms with Gasteiger partial charge in [-0.05, 0) is 25.2 Å². The van der Waals surface area contributed by atoms with Crippen LogP contribution in [0.25, 0.3) is 0 Å². The second-order valence-electron chi connectivity index (χ2n) is 4.89. The van der Waals surface area contributed by atoms with Crippen LogP contribution in [-0.2, 0) is 4.79 Å². The number of likely N-dealkylation sites (tertiary alicyclic amines) is 1. The number of hydrogen-bond acceptors (Lipinski definition) is 2. The Hall–Kier alpha value is -0.830. The minimum absolute atomic E-state index is 0.240. The number of nitrogens with zero attached hydrogens (tertiary/aromatic N) is 1. The minimum atomic E-state index is 0.240. The maximum Gasteiger partial charge on any atom is 0.236 e. The molecule has 17 heavy (non-hydrogen) atoms. The van der Waals surface area contributed by atoms with Crippen molar-refractivity contribution in [1.29, 1.82) is 0 Å². The van der Waals surface area contributed by atoms with Gasteiger partial charge < -0.3 is 10.2 Å². The number of nitrogens with one attached hydrogen (secondary N) is 1. The highest BCUT2D eigenvalue weighted by Crippen LogP contribution is 2.21. The molecule has 3 nitrogen and oxygen atoms in total. The predicted molar refractivity (Wildman–Crippen MR) is 71.9 cm³/mol. The average Bonchev–Trinajstić information content (AvgIpc) is 2.55. The van der Waals surface area contributed by atoms with Crippen LogP contribution in [-0.4, -0.2) is 37.0 Å². The van der Waals surface area contributed by atoms with Crippen molar-refractivity contribution in [3.8, 4) is 0 Å². The van der Waals surface area contributed by atoms with Crippen LogP contribution in [0.1, 0.15) is 39.0 Å². The Labute approximate surface area is 105 Å². The van der Waals surface area contributed by atoms with E-state index in [4.69, 9.17) is 0 Å². The number of carbonyl (C=O) groups is 1. The topological polar surface area (TPSA) is 32.3 Å². The Morgan fingerprint density at radius 2 is 2.29 bits per heavy atom. The molecule has 0 bridgehead atoms. The predicted octanol–water partition coefficient (Wildman–Crippen LogP) is 2.19. The number of rotatable bonds is 6. The van der Waals surface area contributed by atoms with Gasteiger partial charge in [-0.3, -0.25) is 4.79 Å². The summed E-state index contributed by atoms with van der Waals surface area (Å²) in [4.78, 5) is 13.9. The summed E-state index contributed by atoms with van der Waals surface area (Å²) in [5.74, 6) is 1.07. The van der Waals surface area contributed by atoms with E-state index >= 15 is 0 Å². The summed E-state index contributed by atoms with van der Waals surface area (Å²) >= 11 is 0. The van der Waals surface area contributed by atoms with E-state index in [0.717, 1.165) is 25.4 Å². The van der Waals surface area contributed by atoms with E-state index in [-0.39, 0.29) is 5.91 Å². The lowest BCUT2D eigenvalue weighted by Gasteiger charge is -2.20. The standard InChI is InChI=1S/C14H26N2O/c1-3-6-13-7-5-10-16(11-8-13)14(17)12-15-9-4-2/h4,13,15H,2-3,5-12H2,1H3. The highest BCUT2D eigenvalue weighted by molar-refractivity contribution is 5.78. The van der Waals surface area contributed by atoms with Crippen LogP contribution in [0.4, 0.5) is 0 Å². The van der Waals surface area contributed by atoms with E-state index in [1.807, 2.05) is 4.90 Å². The van der Waals surface area contributed by atoms with Crippen LogP contribution >= 0.6 is 0 Å². The first-order valence-electron chi connectivity index (χ1n) is 6.87. The van der Waals surface area contributed by atoms with Gasteiger partial charge in [0.15, 0.2) is 0 Å². The van der Waals surface area contributed by atoms with Gasteiger partial charge in [0.1, 0.15) is 0 Å². The first-order valence-corrected chi connectivity index (χ1v) is 6.87. The van der Waals surface area contributed by atoms with Gasteiger partial charge in [-0.15, -0.1) is 6.58 Å². The van der Waals surface area contributed by atoms with E-state index in [1.165, 1.54) is 25.7 Å².